The van der Waals surface area contributed by atoms with Gasteiger partial charge in [-0.2, -0.15) is 0 Å². The number of amides is 1. The van der Waals surface area contributed by atoms with Crippen LogP contribution in [-0.4, -0.2) is 23.6 Å². The normalized spacial score (nSPS) is 31.8. The Kier molecular flexibility index (Phi) is 4.53. The number of carbonyl (C=O) groups excluding carboxylic acids is 1. The van der Waals surface area contributed by atoms with Crippen molar-refractivity contribution in [2.75, 3.05) is 6.54 Å². The Labute approximate surface area is 155 Å². The van der Waals surface area contributed by atoms with Gasteiger partial charge in [0.05, 0.1) is 6.04 Å². The van der Waals surface area contributed by atoms with Gasteiger partial charge < -0.3 is 10.4 Å². The van der Waals surface area contributed by atoms with E-state index in [4.69, 9.17) is 0 Å². The molecule has 4 atom stereocenters. The molecule has 1 saturated carbocycles. The summed E-state index contributed by atoms with van der Waals surface area (Å²) < 4.78 is 0. The highest BCUT2D eigenvalue weighted by molar-refractivity contribution is 5.82. The Morgan fingerprint density at radius 3 is 2.81 bits per heavy atom. The molecule has 4 N–H and O–H groups in total. The van der Waals surface area contributed by atoms with Gasteiger partial charge in [0, 0.05) is 12.1 Å². The lowest BCUT2D eigenvalue weighted by Crippen LogP contribution is -2.48. The molecular weight excluding hydrogens is 326 g/mol. The van der Waals surface area contributed by atoms with Crippen molar-refractivity contribution in [3.63, 3.8) is 0 Å². The van der Waals surface area contributed by atoms with Crippen LogP contribution in [0.25, 0.3) is 0 Å². The summed E-state index contributed by atoms with van der Waals surface area (Å²) in [6.45, 7) is 5.46. The van der Waals surface area contributed by atoms with Crippen LogP contribution < -0.4 is 16.2 Å². The molecule has 5 nitrogen and oxygen atoms in total. The van der Waals surface area contributed by atoms with Gasteiger partial charge in [0.2, 0.25) is 5.91 Å². The Bertz CT molecular complexity index is 728. The molecule has 0 aromatic heterocycles. The van der Waals surface area contributed by atoms with Gasteiger partial charge in [-0.1, -0.05) is 43.7 Å². The number of carbonyl (C=O) groups is 1. The number of aromatic hydroxyl groups is 1. The predicted octanol–water partition coefficient (Wildman–Crippen LogP) is 2.80. The first-order chi connectivity index (χ1) is 12.5. The van der Waals surface area contributed by atoms with Crippen molar-refractivity contribution in [1.29, 1.82) is 0 Å². The fourth-order valence-corrected chi connectivity index (χ4v) is 4.92. The molecule has 140 valence electrons. The van der Waals surface area contributed by atoms with Crippen molar-refractivity contribution in [2.24, 2.45) is 17.3 Å². The Morgan fingerprint density at radius 1 is 1.27 bits per heavy atom. The second-order valence-corrected chi connectivity index (χ2v) is 8.55. The van der Waals surface area contributed by atoms with E-state index in [1.165, 1.54) is 18.4 Å². The number of benzene rings is 1. The summed E-state index contributed by atoms with van der Waals surface area (Å²) in [7, 11) is 0. The second-order valence-electron chi connectivity index (χ2n) is 8.55. The number of phenols is 1. The molecule has 2 bridgehead atoms. The molecule has 1 saturated heterocycles. The van der Waals surface area contributed by atoms with Crippen molar-refractivity contribution < 1.29 is 9.90 Å². The summed E-state index contributed by atoms with van der Waals surface area (Å²) in [5.41, 5.74) is 8.98. The summed E-state index contributed by atoms with van der Waals surface area (Å²) in [5.74, 6) is 1.84. The fraction of sp³-hybridized carbons (Fsp3) is 0.571. The molecule has 26 heavy (non-hydrogen) atoms. The maximum atomic E-state index is 12.5. The van der Waals surface area contributed by atoms with Crippen molar-refractivity contribution in [2.45, 2.75) is 51.6 Å². The summed E-state index contributed by atoms with van der Waals surface area (Å²) >= 11 is 0. The molecule has 2 unspecified atom stereocenters. The first-order valence-corrected chi connectivity index (χ1v) is 9.72. The van der Waals surface area contributed by atoms with E-state index in [1.54, 1.807) is 12.1 Å². The summed E-state index contributed by atoms with van der Waals surface area (Å²) in [5, 5.41) is 13.1. The van der Waals surface area contributed by atoms with Gasteiger partial charge >= 0.3 is 0 Å². The average Bonchev–Trinajstić information content (AvgIpc) is 3.12. The Balaban J connectivity index is 1.26. The third-order valence-electron chi connectivity index (χ3n) is 6.83. The zero-order valence-electron chi connectivity index (χ0n) is 15.6. The van der Waals surface area contributed by atoms with Crippen molar-refractivity contribution in [3.05, 3.63) is 41.5 Å². The van der Waals surface area contributed by atoms with Gasteiger partial charge in [-0.25, -0.2) is 10.9 Å². The largest absolute Gasteiger partial charge is 0.508 e. The van der Waals surface area contributed by atoms with Crippen LogP contribution >= 0.6 is 0 Å². The lowest BCUT2D eigenvalue weighted by Gasteiger charge is -2.56. The van der Waals surface area contributed by atoms with Gasteiger partial charge in [-0.05, 0) is 49.0 Å². The van der Waals surface area contributed by atoms with Gasteiger partial charge in [0.25, 0.3) is 0 Å². The van der Waals surface area contributed by atoms with Gasteiger partial charge in [0.15, 0.2) is 0 Å². The summed E-state index contributed by atoms with van der Waals surface area (Å²) in [6.07, 6.45) is 6.51. The third kappa shape index (κ3) is 3.03. The highest BCUT2D eigenvalue weighted by Crippen LogP contribution is 2.59. The molecule has 5 heteroatoms. The molecule has 1 heterocycles. The maximum Gasteiger partial charge on any atom is 0.238 e. The molecule has 1 aliphatic heterocycles. The molecular formula is C21H29N3O2. The Hall–Kier alpha value is -1.85. The van der Waals surface area contributed by atoms with E-state index < -0.39 is 0 Å². The number of fused-ring (bicyclic) bond motifs is 1. The van der Waals surface area contributed by atoms with Crippen LogP contribution in [0.2, 0.25) is 0 Å². The van der Waals surface area contributed by atoms with Crippen LogP contribution in [-0.2, 0) is 4.79 Å². The summed E-state index contributed by atoms with van der Waals surface area (Å²) in [6, 6.07) is 6.93. The molecule has 3 aliphatic carbocycles. The standard InChI is InChI=1S/C21H29N3O2/c1-21(2)14-8-7-13(16(21)11-14)9-10-22-20(26)18-12-17(23-24-18)15-5-3-4-6-19(15)25/h3-7,14,16-18,23-25H,8-12H2,1-2H3,(H,22,26)/t14-,16-,17?,18?/m0/s1. The van der Waals surface area contributed by atoms with Crippen LogP contribution in [0.3, 0.4) is 0 Å². The second kappa shape index (κ2) is 6.71. The van der Waals surface area contributed by atoms with E-state index in [0.29, 0.717) is 24.3 Å². The number of rotatable bonds is 5. The molecule has 0 spiro atoms. The van der Waals surface area contributed by atoms with E-state index in [9.17, 15) is 9.90 Å². The smallest absolute Gasteiger partial charge is 0.238 e. The number of hydrogen-bond acceptors (Lipinski definition) is 4. The van der Waals surface area contributed by atoms with Crippen LogP contribution in [0.4, 0.5) is 0 Å². The number of nitrogens with one attached hydrogen (secondary N) is 3. The highest BCUT2D eigenvalue weighted by atomic mass is 16.3. The molecule has 0 radical (unpaired) electrons. The fourth-order valence-electron chi connectivity index (χ4n) is 4.92. The quantitative estimate of drug-likeness (QED) is 0.613. The molecule has 2 fully saturated rings. The minimum absolute atomic E-state index is 0.0255. The van der Waals surface area contributed by atoms with Crippen LogP contribution in [0.15, 0.2) is 35.9 Å². The van der Waals surface area contributed by atoms with Crippen molar-refractivity contribution in [1.82, 2.24) is 16.2 Å². The molecule has 1 amide bonds. The first kappa shape index (κ1) is 17.6. The minimum Gasteiger partial charge on any atom is -0.508 e. The van der Waals surface area contributed by atoms with E-state index in [0.717, 1.165) is 17.9 Å². The first-order valence-electron chi connectivity index (χ1n) is 9.72. The molecule has 1 aromatic rings. The lowest BCUT2D eigenvalue weighted by molar-refractivity contribution is -0.122. The van der Waals surface area contributed by atoms with E-state index >= 15 is 0 Å². The van der Waals surface area contributed by atoms with Gasteiger partial charge in [-0.3, -0.25) is 4.79 Å². The van der Waals surface area contributed by atoms with Gasteiger partial charge in [0.1, 0.15) is 11.8 Å². The Morgan fingerprint density at radius 2 is 2.08 bits per heavy atom. The zero-order chi connectivity index (χ0) is 18.3. The highest BCUT2D eigenvalue weighted by Gasteiger charge is 2.50. The van der Waals surface area contributed by atoms with E-state index in [2.05, 4.69) is 36.1 Å². The molecule has 1 aromatic carbocycles. The third-order valence-corrected chi connectivity index (χ3v) is 6.83. The van der Waals surface area contributed by atoms with Crippen LogP contribution in [0.1, 0.15) is 51.1 Å². The zero-order valence-corrected chi connectivity index (χ0v) is 15.6. The average molecular weight is 355 g/mol. The molecule has 4 aliphatic rings. The van der Waals surface area contributed by atoms with Crippen LogP contribution in [0.5, 0.6) is 5.75 Å². The topological polar surface area (TPSA) is 73.4 Å². The van der Waals surface area contributed by atoms with Gasteiger partial charge in [-0.15, -0.1) is 0 Å². The maximum absolute atomic E-state index is 12.5. The lowest BCUT2D eigenvalue weighted by atomic mass is 9.48. The van der Waals surface area contributed by atoms with E-state index in [1.807, 2.05) is 12.1 Å². The SMILES string of the molecule is CC1(C)[C@H]2CC=C(CCNC(=O)C3CC(c4ccccc4O)NN3)[C@@H]1C2. The van der Waals surface area contributed by atoms with Crippen molar-refractivity contribution >= 4 is 5.91 Å². The van der Waals surface area contributed by atoms with Crippen LogP contribution in [0, 0.1) is 17.3 Å². The predicted molar refractivity (Wildman–Crippen MR) is 101 cm³/mol. The monoisotopic (exact) mass is 355 g/mol. The number of allylic oxidation sites excluding steroid dienone is 1. The minimum atomic E-state index is -0.274. The molecule has 5 rings (SSSR count). The number of phenolic OH excluding ortho intramolecular Hbond substituents is 1. The number of hydrogen-bond donors (Lipinski definition) is 4. The number of hydrazine groups is 1. The van der Waals surface area contributed by atoms with E-state index in [-0.39, 0.29) is 23.7 Å². The number of para-hydroxylation sites is 1. The summed E-state index contributed by atoms with van der Waals surface area (Å²) in [4.78, 5) is 12.5. The van der Waals surface area contributed by atoms with Crippen molar-refractivity contribution in [3.8, 4) is 5.75 Å².